The minimum absolute atomic E-state index is 0.647. The molecule has 110 valence electrons. The zero-order chi connectivity index (χ0) is 13.8. The summed E-state index contributed by atoms with van der Waals surface area (Å²) in [6, 6.07) is 10.6. The highest BCUT2D eigenvalue weighted by atomic mass is 15.2. The van der Waals surface area contributed by atoms with E-state index >= 15 is 0 Å². The quantitative estimate of drug-likeness (QED) is 0.862. The van der Waals surface area contributed by atoms with E-state index in [9.17, 15) is 0 Å². The van der Waals surface area contributed by atoms with E-state index in [4.69, 9.17) is 0 Å². The number of rotatable bonds is 4. The highest BCUT2D eigenvalue weighted by Crippen LogP contribution is 2.31. The van der Waals surface area contributed by atoms with Gasteiger partial charge in [0, 0.05) is 17.8 Å². The Hall–Kier alpha value is -1.02. The lowest BCUT2D eigenvalue weighted by Gasteiger charge is -2.35. The van der Waals surface area contributed by atoms with E-state index in [1.54, 1.807) is 0 Å². The first kappa shape index (κ1) is 13.9. The highest BCUT2D eigenvalue weighted by Gasteiger charge is 2.22. The predicted molar refractivity (Wildman–Crippen MR) is 86.2 cm³/mol. The topological polar surface area (TPSA) is 15.3 Å². The van der Waals surface area contributed by atoms with Crippen molar-refractivity contribution >= 4 is 5.69 Å². The fourth-order valence-electron chi connectivity index (χ4n) is 3.85. The number of anilines is 1. The minimum atomic E-state index is 0.647. The molecule has 1 aliphatic heterocycles. The Morgan fingerprint density at radius 3 is 2.40 bits per heavy atom. The summed E-state index contributed by atoms with van der Waals surface area (Å²) in [7, 11) is 0. The molecule has 1 heterocycles. The summed E-state index contributed by atoms with van der Waals surface area (Å²) < 4.78 is 0. The first-order valence-electron chi connectivity index (χ1n) is 8.47. The third kappa shape index (κ3) is 3.17. The number of piperidine rings is 1. The Morgan fingerprint density at radius 1 is 1.00 bits per heavy atom. The van der Waals surface area contributed by atoms with Crippen LogP contribution >= 0.6 is 0 Å². The Kier molecular flexibility index (Phi) is 4.62. The Morgan fingerprint density at radius 2 is 1.70 bits per heavy atom. The van der Waals surface area contributed by atoms with Gasteiger partial charge in [-0.15, -0.1) is 0 Å². The molecule has 1 N–H and O–H groups in total. The van der Waals surface area contributed by atoms with E-state index in [0.29, 0.717) is 12.1 Å². The maximum atomic E-state index is 3.68. The van der Waals surface area contributed by atoms with Crippen molar-refractivity contribution in [1.82, 2.24) is 4.90 Å². The summed E-state index contributed by atoms with van der Waals surface area (Å²) in [5.41, 5.74) is 2.81. The van der Waals surface area contributed by atoms with Gasteiger partial charge in [0.25, 0.3) is 0 Å². The molecule has 2 nitrogen and oxygen atoms in total. The Balaban J connectivity index is 1.65. The lowest BCUT2D eigenvalue weighted by atomic mass is 9.95. The number of nitrogens with zero attached hydrogens (tertiary/aromatic N) is 1. The summed E-state index contributed by atoms with van der Waals surface area (Å²) in [6.07, 6.45) is 9.53. The van der Waals surface area contributed by atoms with Crippen molar-refractivity contribution in [3.63, 3.8) is 0 Å². The van der Waals surface area contributed by atoms with Crippen LogP contribution in [0.1, 0.15) is 63.5 Å². The van der Waals surface area contributed by atoms with Gasteiger partial charge < -0.3 is 5.32 Å². The molecule has 1 aromatic carbocycles. The van der Waals surface area contributed by atoms with Crippen LogP contribution in [0.5, 0.6) is 0 Å². The van der Waals surface area contributed by atoms with Crippen LogP contribution in [0, 0.1) is 0 Å². The fourth-order valence-corrected chi connectivity index (χ4v) is 3.85. The summed E-state index contributed by atoms with van der Waals surface area (Å²) in [5.74, 6) is 0. The second-order valence-electron chi connectivity index (χ2n) is 6.39. The molecule has 2 fully saturated rings. The van der Waals surface area contributed by atoms with E-state index in [1.165, 1.54) is 69.3 Å². The van der Waals surface area contributed by atoms with E-state index in [2.05, 4.69) is 41.4 Å². The molecule has 3 rings (SSSR count). The number of nitrogens with one attached hydrogen (secondary N) is 1. The lowest BCUT2D eigenvalue weighted by Crippen LogP contribution is -2.33. The summed E-state index contributed by atoms with van der Waals surface area (Å²) in [4.78, 5) is 2.63. The van der Waals surface area contributed by atoms with Gasteiger partial charge in [-0.25, -0.2) is 0 Å². The molecular formula is C18H28N2. The molecule has 0 aromatic heterocycles. The van der Waals surface area contributed by atoms with Crippen molar-refractivity contribution in [2.75, 3.05) is 18.4 Å². The van der Waals surface area contributed by atoms with Gasteiger partial charge in [0.15, 0.2) is 0 Å². The second-order valence-corrected chi connectivity index (χ2v) is 6.39. The number of hydrogen-bond donors (Lipinski definition) is 1. The summed E-state index contributed by atoms with van der Waals surface area (Å²) in [6.45, 7) is 4.73. The van der Waals surface area contributed by atoms with Crippen molar-refractivity contribution in [2.24, 2.45) is 0 Å². The average Bonchev–Trinajstić information content (AvgIpc) is 3.01. The van der Waals surface area contributed by atoms with Gasteiger partial charge in [-0.1, -0.05) is 38.3 Å². The molecule has 1 aromatic rings. The number of hydrogen-bond acceptors (Lipinski definition) is 2. The van der Waals surface area contributed by atoms with Crippen molar-refractivity contribution in [3.8, 4) is 0 Å². The molecule has 0 spiro atoms. The first-order chi connectivity index (χ1) is 9.86. The summed E-state index contributed by atoms with van der Waals surface area (Å²) in [5, 5.41) is 3.68. The fraction of sp³-hybridized carbons (Fsp3) is 0.667. The van der Waals surface area contributed by atoms with Crippen LogP contribution in [0.25, 0.3) is 0 Å². The minimum Gasteiger partial charge on any atom is -0.382 e. The Bertz CT molecular complexity index is 406. The third-order valence-corrected chi connectivity index (χ3v) is 5.04. The first-order valence-corrected chi connectivity index (χ1v) is 8.47. The van der Waals surface area contributed by atoms with Crippen molar-refractivity contribution in [3.05, 3.63) is 29.8 Å². The van der Waals surface area contributed by atoms with E-state index in [0.717, 1.165) is 0 Å². The predicted octanol–water partition coefficient (Wildman–Crippen LogP) is 4.59. The van der Waals surface area contributed by atoms with Crippen LogP contribution in [0.4, 0.5) is 5.69 Å². The standard InChI is InChI=1S/C18H28N2/c1-2-20-14-6-5-9-18(20)15-10-12-17(13-11-15)19-16-7-3-4-8-16/h10-13,16,18-19H,2-9,14H2,1H3. The van der Waals surface area contributed by atoms with Gasteiger partial charge in [0.1, 0.15) is 0 Å². The van der Waals surface area contributed by atoms with Gasteiger partial charge in [-0.3, -0.25) is 4.90 Å². The largest absolute Gasteiger partial charge is 0.382 e. The SMILES string of the molecule is CCN1CCCCC1c1ccc(NC2CCCC2)cc1. The van der Waals surface area contributed by atoms with Crippen LogP contribution in [-0.2, 0) is 0 Å². The van der Waals surface area contributed by atoms with Crippen LogP contribution in [0.15, 0.2) is 24.3 Å². The molecule has 2 heteroatoms. The molecule has 0 radical (unpaired) electrons. The molecule has 1 atom stereocenters. The molecule has 2 aliphatic rings. The molecule has 1 saturated carbocycles. The Labute approximate surface area is 123 Å². The molecule has 0 bridgehead atoms. The monoisotopic (exact) mass is 272 g/mol. The molecule has 1 unspecified atom stereocenters. The lowest BCUT2D eigenvalue weighted by molar-refractivity contribution is 0.157. The van der Waals surface area contributed by atoms with Gasteiger partial charge in [0.05, 0.1) is 0 Å². The van der Waals surface area contributed by atoms with E-state index in [-0.39, 0.29) is 0 Å². The van der Waals surface area contributed by atoms with Crippen LogP contribution in [0.2, 0.25) is 0 Å². The maximum absolute atomic E-state index is 3.68. The van der Waals surface area contributed by atoms with Gasteiger partial charge in [-0.2, -0.15) is 0 Å². The second kappa shape index (κ2) is 6.62. The van der Waals surface area contributed by atoms with Gasteiger partial charge in [-0.05, 0) is 56.5 Å². The zero-order valence-corrected chi connectivity index (χ0v) is 12.8. The van der Waals surface area contributed by atoms with Gasteiger partial charge in [0.2, 0.25) is 0 Å². The molecule has 20 heavy (non-hydrogen) atoms. The highest BCUT2D eigenvalue weighted by molar-refractivity contribution is 5.46. The van der Waals surface area contributed by atoms with Crippen molar-refractivity contribution in [1.29, 1.82) is 0 Å². The average molecular weight is 272 g/mol. The van der Waals surface area contributed by atoms with Gasteiger partial charge >= 0.3 is 0 Å². The number of likely N-dealkylation sites (tertiary alicyclic amines) is 1. The van der Waals surface area contributed by atoms with E-state index < -0.39 is 0 Å². The smallest absolute Gasteiger partial charge is 0.0348 e. The molecular weight excluding hydrogens is 244 g/mol. The normalized spacial score (nSPS) is 24.9. The number of benzene rings is 1. The third-order valence-electron chi connectivity index (χ3n) is 5.04. The van der Waals surface area contributed by atoms with Crippen LogP contribution in [0.3, 0.4) is 0 Å². The zero-order valence-electron chi connectivity index (χ0n) is 12.8. The maximum Gasteiger partial charge on any atom is 0.0348 e. The van der Waals surface area contributed by atoms with Crippen LogP contribution < -0.4 is 5.32 Å². The summed E-state index contributed by atoms with van der Waals surface area (Å²) >= 11 is 0. The molecule has 0 amide bonds. The van der Waals surface area contributed by atoms with Crippen LogP contribution in [-0.4, -0.2) is 24.0 Å². The molecule has 1 saturated heterocycles. The van der Waals surface area contributed by atoms with Crippen molar-refractivity contribution in [2.45, 2.75) is 64.0 Å². The van der Waals surface area contributed by atoms with E-state index in [1.807, 2.05) is 0 Å². The molecule has 1 aliphatic carbocycles. The van der Waals surface area contributed by atoms with Crippen molar-refractivity contribution < 1.29 is 0 Å².